The van der Waals surface area contributed by atoms with Crippen molar-refractivity contribution >= 4 is 23.4 Å². The molecule has 0 bridgehead atoms. The summed E-state index contributed by atoms with van der Waals surface area (Å²) < 4.78 is 10.8. The van der Waals surface area contributed by atoms with Gasteiger partial charge in [-0.05, 0) is 68.7 Å². The van der Waals surface area contributed by atoms with Crippen molar-refractivity contribution in [2.75, 3.05) is 23.8 Å². The Morgan fingerprint density at radius 1 is 0.912 bits per heavy atom. The van der Waals surface area contributed by atoms with Crippen molar-refractivity contribution in [2.24, 2.45) is 5.41 Å². The number of nitrogens with zero attached hydrogens (tertiary/aromatic N) is 1. The first-order valence-electron chi connectivity index (χ1n) is 11.3. The van der Waals surface area contributed by atoms with Crippen LogP contribution in [0.5, 0.6) is 5.88 Å². The minimum Gasteiger partial charge on any atom is -0.476 e. The minimum absolute atomic E-state index is 0.170. The highest BCUT2D eigenvalue weighted by molar-refractivity contribution is 5.99. The fraction of sp³-hybridized carbons (Fsp3) is 0.296. The third-order valence-electron chi connectivity index (χ3n) is 5.21. The molecule has 34 heavy (non-hydrogen) atoms. The molecule has 0 saturated heterocycles. The van der Waals surface area contributed by atoms with Gasteiger partial charge in [-0.2, -0.15) is 0 Å². The molecule has 0 atom stereocenters. The largest absolute Gasteiger partial charge is 0.476 e. The van der Waals surface area contributed by atoms with Crippen LogP contribution >= 0.6 is 0 Å². The number of carbonyl (C=O) groups excluding carboxylic acids is 2. The Bertz CT molecular complexity index is 1110. The Kier molecular flexibility index (Phi) is 8.24. The van der Waals surface area contributed by atoms with Crippen molar-refractivity contribution in [1.82, 2.24) is 4.98 Å². The van der Waals surface area contributed by atoms with Gasteiger partial charge in [0.2, 0.25) is 5.88 Å². The Morgan fingerprint density at radius 2 is 1.62 bits per heavy atom. The molecule has 0 aliphatic carbocycles. The van der Waals surface area contributed by atoms with Gasteiger partial charge in [0.1, 0.15) is 6.61 Å². The number of hydrogen-bond donors (Lipinski definition) is 2. The average Bonchev–Trinajstić information content (AvgIpc) is 2.84. The van der Waals surface area contributed by atoms with Gasteiger partial charge in [0.15, 0.2) is 0 Å². The van der Waals surface area contributed by atoms with Crippen molar-refractivity contribution in [1.29, 1.82) is 0 Å². The molecule has 0 radical (unpaired) electrons. The van der Waals surface area contributed by atoms with Crippen LogP contribution in [-0.2, 0) is 16.0 Å². The molecule has 2 amide bonds. The van der Waals surface area contributed by atoms with Crippen LogP contribution in [0.2, 0.25) is 0 Å². The predicted molar refractivity (Wildman–Crippen MR) is 134 cm³/mol. The van der Waals surface area contributed by atoms with Crippen molar-refractivity contribution in [3.05, 3.63) is 72.4 Å². The number of esters is 1. The van der Waals surface area contributed by atoms with Gasteiger partial charge in [-0.25, -0.2) is 9.78 Å². The lowest BCUT2D eigenvalue weighted by molar-refractivity contribution is -0.155. The van der Waals surface area contributed by atoms with Crippen LogP contribution in [0.4, 0.5) is 16.2 Å². The van der Waals surface area contributed by atoms with E-state index in [-0.39, 0.29) is 18.6 Å². The number of hydrogen-bond acceptors (Lipinski definition) is 5. The number of nitrogens with one attached hydrogen (secondary N) is 2. The Morgan fingerprint density at radius 3 is 2.26 bits per heavy atom. The number of ether oxygens (including phenoxy) is 2. The molecule has 1 heterocycles. The molecule has 7 nitrogen and oxygen atoms in total. The van der Waals surface area contributed by atoms with Crippen LogP contribution in [0.1, 0.15) is 33.3 Å². The maximum absolute atomic E-state index is 12.3. The molecule has 0 spiro atoms. The van der Waals surface area contributed by atoms with Gasteiger partial charge < -0.3 is 20.1 Å². The molecule has 0 aliphatic heterocycles. The van der Waals surface area contributed by atoms with Crippen LogP contribution in [0.25, 0.3) is 11.1 Å². The molecule has 2 aromatic carbocycles. The summed E-state index contributed by atoms with van der Waals surface area (Å²) in [6, 6.07) is 18.6. The summed E-state index contributed by atoms with van der Waals surface area (Å²) in [5, 5.41) is 5.69. The Balaban J connectivity index is 1.56. The molecule has 1 aromatic heterocycles. The summed E-state index contributed by atoms with van der Waals surface area (Å²) in [6.07, 6.45) is 2.62. The van der Waals surface area contributed by atoms with Gasteiger partial charge in [-0.3, -0.25) is 4.79 Å². The molecule has 0 saturated carbocycles. The first kappa shape index (κ1) is 24.8. The van der Waals surface area contributed by atoms with Crippen molar-refractivity contribution in [2.45, 2.75) is 34.1 Å². The third-order valence-corrected chi connectivity index (χ3v) is 5.21. The van der Waals surface area contributed by atoms with E-state index < -0.39 is 5.41 Å². The lowest BCUT2D eigenvalue weighted by Gasteiger charge is -2.22. The molecule has 3 rings (SSSR count). The first-order chi connectivity index (χ1) is 16.3. The summed E-state index contributed by atoms with van der Waals surface area (Å²) in [5.74, 6) is 0.131. The third kappa shape index (κ3) is 6.81. The maximum atomic E-state index is 12.3. The summed E-state index contributed by atoms with van der Waals surface area (Å²) in [4.78, 5) is 28.6. The van der Waals surface area contributed by atoms with Crippen LogP contribution in [0.3, 0.4) is 0 Å². The number of aromatic nitrogens is 1. The molecule has 0 aliphatic rings. The smallest absolute Gasteiger partial charge is 0.323 e. The lowest BCUT2D eigenvalue weighted by atomic mass is 9.95. The van der Waals surface area contributed by atoms with Gasteiger partial charge in [0.25, 0.3) is 0 Å². The number of amides is 2. The lowest BCUT2D eigenvalue weighted by Crippen LogP contribution is -2.33. The van der Waals surface area contributed by atoms with Crippen molar-refractivity contribution in [3.8, 4) is 17.0 Å². The predicted octanol–water partition coefficient (Wildman–Crippen LogP) is 5.92. The molecule has 0 unspecified atom stereocenters. The van der Waals surface area contributed by atoms with Gasteiger partial charge in [0, 0.05) is 29.2 Å². The number of pyridine rings is 1. The van der Waals surface area contributed by atoms with E-state index in [9.17, 15) is 9.59 Å². The Labute approximate surface area is 200 Å². The molecular formula is C27H31N3O4. The normalized spacial score (nSPS) is 10.9. The zero-order valence-electron chi connectivity index (χ0n) is 20.1. The summed E-state index contributed by atoms with van der Waals surface area (Å²) in [6.45, 7) is 7.90. The number of aryl methyl sites for hydroxylation is 1. The summed E-state index contributed by atoms with van der Waals surface area (Å²) in [5.41, 5.74) is 3.70. The zero-order valence-corrected chi connectivity index (χ0v) is 20.1. The molecule has 3 aromatic rings. The van der Waals surface area contributed by atoms with E-state index >= 15 is 0 Å². The van der Waals surface area contributed by atoms with Gasteiger partial charge in [-0.1, -0.05) is 31.2 Å². The number of benzene rings is 2. The van der Waals surface area contributed by atoms with Crippen molar-refractivity contribution < 1.29 is 19.1 Å². The van der Waals surface area contributed by atoms with Crippen LogP contribution in [0.15, 0.2) is 66.9 Å². The van der Waals surface area contributed by atoms with E-state index in [1.165, 1.54) is 0 Å². The Hall–Kier alpha value is -3.87. The minimum atomic E-state index is -0.760. The highest BCUT2D eigenvalue weighted by Crippen LogP contribution is 2.24. The average molecular weight is 462 g/mol. The van der Waals surface area contributed by atoms with Gasteiger partial charge >= 0.3 is 12.0 Å². The maximum Gasteiger partial charge on any atom is 0.323 e. The van der Waals surface area contributed by atoms with Gasteiger partial charge in [0.05, 0.1) is 12.0 Å². The number of urea groups is 1. The first-order valence-corrected chi connectivity index (χ1v) is 11.3. The fourth-order valence-corrected chi connectivity index (χ4v) is 3.18. The highest BCUT2D eigenvalue weighted by atomic mass is 16.5. The topological polar surface area (TPSA) is 89.5 Å². The molecule has 0 fully saturated rings. The number of carbonyl (C=O) groups is 2. The summed E-state index contributed by atoms with van der Waals surface area (Å²) in [7, 11) is 0. The molecule has 7 heteroatoms. The van der Waals surface area contributed by atoms with E-state index in [0.717, 1.165) is 28.8 Å². The van der Waals surface area contributed by atoms with E-state index in [4.69, 9.17) is 9.47 Å². The van der Waals surface area contributed by atoms with E-state index in [2.05, 4.69) is 22.5 Å². The van der Waals surface area contributed by atoms with Gasteiger partial charge in [-0.15, -0.1) is 0 Å². The molecule has 178 valence electrons. The second kappa shape index (κ2) is 11.3. The quantitative estimate of drug-likeness (QED) is 0.386. The molecular weight excluding hydrogens is 430 g/mol. The van der Waals surface area contributed by atoms with Crippen LogP contribution in [-0.4, -0.2) is 30.2 Å². The number of anilines is 2. The molecule has 2 N–H and O–H groups in total. The monoisotopic (exact) mass is 461 g/mol. The second-order valence-corrected chi connectivity index (χ2v) is 8.49. The standard InChI is InChI=1S/C27H31N3O4/c1-5-19-8-7-9-23(16-19)30-26(32)29-22-13-10-20(11-14-22)21-12-15-24(28-17-21)34-18-27(3,4)25(31)33-6-2/h7-17H,5-6,18H2,1-4H3,(H2,29,30,32). The highest BCUT2D eigenvalue weighted by Gasteiger charge is 2.30. The second-order valence-electron chi connectivity index (χ2n) is 8.49. The van der Waals surface area contributed by atoms with Crippen LogP contribution in [0, 0.1) is 5.41 Å². The number of rotatable bonds is 9. The summed E-state index contributed by atoms with van der Waals surface area (Å²) >= 11 is 0. The van der Waals surface area contributed by atoms with Crippen LogP contribution < -0.4 is 15.4 Å². The zero-order chi connectivity index (χ0) is 24.6. The van der Waals surface area contributed by atoms with E-state index in [1.807, 2.05) is 54.6 Å². The van der Waals surface area contributed by atoms with E-state index in [0.29, 0.717) is 18.2 Å². The van der Waals surface area contributed by atoms with Crippen molar-refractivity contribution in [3.63, 3.8) is 0 Å². The van der Waals surface area contributed by atoms with E-state index in [1.54, 1.807) is 33.0 Å². The fourth-order valence-electron chi connectivity index (χ4n) is 3.18. The SMILES string of the molecule is CCOC(=O)C(C)(C)COc1ccc(-c2ccc(NC(=O)Nc3cccc(CC)c3)cc2)cn1.